The van der Waals surface area contributed by atoms with Crippen LogP contribution in [0, 0.1) is 0 Å². The summed E-state index contributed by atoms with van der Waals surface area (Å²) in [6, 6.07) is 17.8. The highest BCUT2D eigenvalue weighted by atomic mass is 16.5. The van der Waals surface area contributed by atoms with E-state index >= 15 is 0 Å². The number of benzene rings is 2. The quantitative estimate of drug-likeness (QED) is 0.856. The van der Waals surface area contributed by atoms with Gasteiger partial charge in [0.25, 0.3) is 0 Å². The van der Waals surface area contributed by atoms with Gasteiger partial charge < -0.3 is 15.6 Å². The number of aliphatic carboxylic acids is 1. The Bertz CT molecular complexity index is 591. The summed E-state index contributed by atoms with van der Waals surface area (Å²) in [5.74, 6) is -0.318. The van der Waals surface area contributed by atoms with Gasteiger partial charge in [0.2, 0.25) is 0 Å². The van der Waals surface area contributed by atoms with Crippen molar-refractivity contribution in [3.8, 4) is 16.9 Å². The van der Waals surface area contributed by atoms with Crippen molar-refractivity contribution in [2.75, 3.05) is 6.61 Å². The molecule has 0 aliphatic rings. The standard InChI is InChI=1S/C17H19NO3/c1-17(18,16(19)20)11-12-21-15-9-7-14(8-10-15)13-5-3-2-4-6-13/h2-10H,11-12,18H2,1H3,(H,19,20). The molecule has 3 N–H and O–H groups in total. The number of carboxylic acids is 1. The number of carboxylic acid groups (broad SMARTS) is 1. The highest BCUT2D eigenvalue weighted by Crippen LogP contribution is 2.22. The van der Waals surface area contributed by atoms with Crippen LogP contribution in [0.1, 0.15) is 13.3 Å². The summed E-state index contributed by atoms with van der Waals surface area (Å²) in [4.78, 5) is 10.9. The Morgan fingerprint density at radius 3 is 2.24 bits per heavy atom. The zero-order valence-corrected chi connectivity index (χ0v) is 12.0. The molecule has 0 amide bonds. The summed E-state index contributed by atoms with van der Waals surface area (Å²) in [6.45, 7) is 1.75. The van der Waals surface area contributed by atoms with Gasteiger partial charge in [-0.05, 0) is 30.2 Å². The Kier molecular flexibility index (Phi) is 4.60. The van der Waals surface area contributed by atoms with E-state index in [9.17, 15) is 4.79 Å². The molecule has 0 bridgehead atoms. The van der Waals surface area contributed by atoms with E-state index in [2.05, 4.69) is 0 Å². The van der Waals surface area contributed by atoms with Crippen molar-refractivity contribution in [2.24, 2.45) is 5.73 Å². The largest absolute Gasteiger partial charge is 0.494 e. The molecule has 1 unspecified atom stereocenters. The van der Waals surface area contributed by atoms with Gasteiger partial charge in [0.1, 0.15) is 11.3 Å². The number of rotatable bonds is 6. The molecule has 0 radical (unpaired) electrons. The van der Waals surface area contributed by atoms with Crippen LogP contribution in [0.2, 0.25) is 0 Å². The van der Waals surface area contributed by atoms with E-state index in [4.69, 9.17) is 15.6 Å². The van der Waals surface area contributed by atoms with Crippen LogP contribution < -0.4 is 10.5 Å². The maximum Gasteiger partial charge on any atom is 0.323 e. The SMILES string of the molecule is CC(N)(CCOc1ccc(-c2ccccc2)cc1)C(=O)O. The minimum absolute atomic E-state index is 0.253. The molecule has 0 aliphatic carbocycles. The molecular weight excluding hydrogens is 266 g/mol. The first-order chi connectivity index (χ1) is 9.99. The highest BCUT2D eigenvalue weighted by Gasteiger charge is 2.27. The van der Waals surface area contributed by atoms with Gasteiger partial charge in [-0.15, -0.1) is 0 Å². The Balaban J connectivity index is 1.93. The predicted octanol–water partition coefficient (Wildman–Crippen LogP) is 2.92. The number of hydrogen-bond donors (Lipinski definition) is 2. The molecule has 1 atom stereocenters. The number of ether oxygens (including phenoxy) is 1. The summed E-state index contributed by atoms with van der Waals surface area (Å²) in [5.41, 5.74) is 6.64. The number of nitrogens with two attached hydrogens (primary N) is 1. The second-order valence-electron chi connectivity index (χ2n) is 5.21. The normalized spacial score (nSPS) is 13.4. The molecule has 2 aromatic rings. The van der Waals surface area contributed by atoms with Gasteiger partial charge in [0.15, 0.2) is 0 Å². The highest BCUT2D eigenvalue weighted by molar-refractivity contribution is 5.77. The summed E-state index contributed by atoms with van der Waals surface area (Å²) in [7, 11) is 0. The molecule has 0 spiro atoms. The third-order valence-electron chi connectivity index (χ3n) is 3.34. The maximum atomic E-state index is 10.9. The number of carbonyl (C=O) groups is 1. The first-order valence-corrected chi connectivity index (χ1v) is 6.79. The lowest BCUT2D eigenvalue weighted by molar-refractivity contribution is -0.143. The van der Waals surface area contributed by atoms with Crippen LogP contribution in [-0.2, 0) is 4.79 Å². The Hall–Kier alpha value is -2.33. The Morgan fingerprint density at radius 2 is 1.67 bits per heavy atom. The third kappa shape index (κ3) is 4.07. The lowest BCUT2D eigenvalue weighted by atomic mass is 10.0. The molecule has 2 rings (SSSR count). The smallest absolute Gasteiger partial charge is 0.323 e. The van der Waals surface area contributed by atoms with Gasteiger partial charge in [-0.3, -0.25) is 4.79 Å². The molecule has 0 saturated heterocycles. The topological polar surface area (TPSA) is 72.5 Å². The lowest BCUT2D eigenvalue weighted by Gasteiger charge is -2.19. The summed E-state index contributed by atoms with van der Waals surface area (Å²) in [6.07, 6.45) is 0.253. The second kappa shape index (κ2) is 6.41. The predicted molar refractivity (Wildman–Crippen MR) is 82.2 cm³/mol. The fraction of sp³-hybridized carbons (Fsp3) is 0.235. The summed E-state index contributed by atoms with van der Waals surface area (Å²) < 4.78 is 5.54. The Labute approximate surface area is 124 Å². The zero-order valence-electron chi connectivity index (χ0n) is 12.0. The molecule has 21 heavy (non-hydrogen) atoms. The van der Waals surface area contributed by atoms with Crippen molar-refractivity contribution in [3.05, 3.63) is 54.6 Å². The second-order valence-corrected chi connectivity index (χ2v) is 5.21. The molecule has 0 aliphatic heterocycles. The minimum Gasteiger partial charge on any atom is -0.494 e. The Morgan fingerprint density at radius 1 is 1.10 bits per heavy atom. The van der Waals surface area contributed by atoms with Crippen LogP contribution in [0.5, 0.6) is 5.75 Å². The van der Waals surface area contributed by atoms with Crippen LogP contribution >= 0.6 is 0 Å². The van der Waals surface area contributed by atoms with Crippen LogP contribution in [-0.4, -0.2) is 23.2 Å². The molecular formula is C17H19NO3. The molecule has 0 heterocycles. The van der Waals surface area contributed by atoms with Crippen molar-refractivity contribution in [3.63, 3.8) is 0 Å². The van der Waals surface area contributed by atoms with Crippen LogP contribution in [0.4, 0.5) is 0 Å². The summed E-state index contributed by atoms with van der Waals surface area (Å²) >= 11 is 0. The van der Waals surface area contributed by atoms with Crippen LogP contribution in [0.15, 0.2) is 54.6 Å². The maximum absolute atomic E-state index is 10.9. The van der Waals surface area contributed by atoms with Crippen molar-refractivity contribution in [2.45, 2.75) is 18.9 Å². The van der Waals surface area contributed by atoms with Gasteiger partial charge in [-0.2, -0.15) is 0 Å². The minimum atomic E-state index is -1.26. The first kappa shape index (κ1) is 15.1. The molecule has 4 nitrogen and oxygen atoms in total. The van der Waals surface area contributed by atoms with E-state index in [1.807, 2.05) is 54.6 Å². The zero-order chi connectivity index (χ0) is 15.3. The summed E-state index contributed by atoms with van der Waals surface area (Å²) in [5, 5.41) is 8.92. The van der Waals surface area contributed by atoms with Gasteiger partial charge >= 0.3 is 5.97 Å². The average Bonchev–Trinajstić information content (AvgIpc) is 2.48. The molecule has 0 aromatic heterocycles. The van der Waals surface area contributed by atoms with Crippen molar-refractivity contribution in [1.29, 1.82) is 0 Å². The van der Waals surface area contributed by atoms with Crippen LogP contribution in [0.3, 0.4) is 0 Å². The molecule has 110 valence electrons. The van der Waals surface area contributed by atoms with E-state index in [1.165, 1.54) is 6.92 Å². The number of hydrogen-bond acceptors (Lipinski definition) is 3. The third-order valence-corrected chi connectivity index (χ3v) is 3.34. The van der Waals surface area contributed by atoms with E-state index < -0.39 is 11.5 Å². The van der Waals surface area contributed by atoms with Gasteiger partial charge in [-0.25, -0.2) is 0 Å². The first-order valence-electron chi connectivity index (χ1n) is 6.79. The van der Waals surface area contributed by atoms with Gasteiger partial charge in [0, 0.05) is 6.42 Å². The fourth-order valence-corrected chi connectivity index (χ4v) is 1.86. The lowest BCUT2D eigenvalue weighted by Crippen LogP contribution is -2.45. The molecule has 0 fully saturated rings. The monoisotopic (exact) mass is 285 g/mol. The fourth-order valence-electron chi connectivity index (χ4n) is 1.86. The molecule has 4 heteroatoms. The van der Waals surface area contributed by atoms with E-state index in [0.29, 0.717) is 5.75 Å². The van der Waals surface area contributed by atoms with E-state index in [0.717, 1.165) is 11.1 Å². The van der Waals surface area contributed by atoms with Crippen LogP contribution in [0.25, 0.3) is 11.1 Å². The average molecular weight is 285 g/mol. The molecule has 2 aromatic carbocycles. The molecule has 0 saturated carbocycles. The van der Waals surface area contributed by atoms with Crippen molar-refractivity contribution >= 4 is 5.97 Å². The van der Waals surface area contributed by atoms with E-state index in [-0.39, 0.29) is 13.0 Å². The van der Waals surface area contributed by atoms with Crippen molar-refractivity contribution < 1.29 is 14.6 Å². The van der Waals surface area contributed by atoms with Gasteiger partial charge in [0.05, 0.1) is 6.61 Å². The van der Waals surface area contributed by atoms with Crippen molar-refractivity contribution in [1.82, 2.24) is 0 Å². The van der Waals surface area contributed by atoms with E-state index in [1.54, 1.807) is 0 Å². The van der Waals surface area contributed by atoms with Gasteiger partial charge in [-0.1, -0.05) is 42.5 Å².